The van der Waals surface area contributed by atoms with Crippen molar-refractivity contribution in [3.05, 3.63) is 75.8 Å². The van der Waals surface area contributed by atoms with Gasteiger partial charge in [0.1, 0.15) is 17.3 Å². The van der Waals surface area contributed by atoms with Gasteiger partial charge >= 0.3 is 11.9 Å². The van der Waals surface area contributed by atoms with Gasteiger partial charge in [0.2, 0.25) is 0 Å². The number of aromatic nitrogens is 3. The zero-order valence-corrected chi connectivity index (χ0v) is 18.4. The summed E-state index contributed by atoms with van der Waals surface area (Å²) in [4.78, 5) is 22.4. The van der Waals surface area contributed by atoms with Gasteiger partial charge in [-0.3, -0.25) is 9.55 Å². The topological polar surface area (TPSA) is 69.5 Å². The van der Waals surface area contributed by atoms with Gasteiger partial charge in [0.15, 0.2) is 11.6 Å². The fourth-order valence-corrected chi connectivity index (χ4v) is 5.20. The van der Waals surface area contributed by atoms with Crippen molar-refractivity contribution < 1.29 is 27.0 Å². The quantitative estimate of drug-likeness (QED) is 0.510. The molecule has 0 aliphatic carbocycles. The first kappa shape index (κ1) is 22.0. The number of rotatable bonds is 5. The van der Waals surface area contributed by atoms with Crippen LogP contribution in [0.1, 0.15) is 23.4 Å². The fourth-order valence-electron chi connectivity index (χ4n) is 5.20. The van der Waals surface area contributed by atoms with E-state index in [9.17, 15) is 22.4 Å². The van der Waals surface area contributed by atoms with E-state index < -0.39 is 17.7 Å². The Morgan fingerprint density at radius 3 is 2.80 bits per heavy atom. The van der Waals surface area contributed by atoms with E-state index in [0.29, 0.717) is 43.3 Å². The number of halogens is 4. The van der Waals surface area contributed by atoms with Crippen molar-refractivity contribution in [2.24, 2.45) is 0 Å². The number of fused-ring (bicyclic) bond motifs is 3. The van der Waals surface area contributed by atoms with E-state index in [1.54, 1.807) is 10.6 Å². The van der Waals surface area contributed by atoms with Crippen molar-refractivity contribution in [1.29, 1.82) is 0 Å². The van der Waals surface area contributed by atoms with E-state index in [1.165, 1.54) is 18.2 Å². The Bertz CT molecular complexity index is 1380. The van der Waals surface area contributed by atoms with Crippen LogP contribution in [-0.2, 0) is 30.3 Å². The molecule has 1 aromatic carbocycles. The summed E-state index contributed by atoms with van der Waals surface area (Å²) < 4.78 is 65.9. The summed E-state index contributed by atoms with van der Waals surface area (Å²) in [5.41, 5.74) is -0.293. The van der Waals surface area contributed by atoms with Crippen LogP contribution in [0, 0.1) is 5.82 Å². The highest BCUT2D eigenvalue weighted by atomic mass is 19.4. The third kappa shape index (κ3) is 3.83. The van der Waals surface area contributed by atoms with Crippen molar-refractivity contribution in [1.82, 2.24) is 14.5 Å². The molecule has 0 amide bonds. The average molecular weight is 488 g/mol. The molecule has 7 nitrogen and oxygen atoms in total. The number of hydrogen-bond donors (Lipinski definition) is 0. The molecule has 3 aliphatic rings. The molecule has 2 atom stereocenters. The molecule has 0 radical (unpaired) electrons. The van der Waals surface area contributed by atoms with Gasteiger partial charge in [-0.1, -0.05) is 6.07 Å². The molecule has 6 rings (SSSR count). The number of morpholine rings is 1. The fraction of sp³-hybridized carbons (Fsp3) is 0.375. The van der Waals surface area contributed by atoms with Gasteiger partial charge < -0.3 is 14.4 Å². The lowest BCUT2D eigenvalue weighted by Gasteiger charge is -2.32. The third-order valence-electron chi connectivity index (χ3n) is 6.84. The monoisotopic (exact) mass is 488 g/mol. The predicted octanol–water partition coefficient (Wildman–Crippen LogP) is 3.74. The summed E-state index contributed by atoms with van der Waals surface area (Å²) in [7, 11) is 0. The van der Waals surface area contributed by atoms with E-state index in [-0.39, 0.29) is 28.8 Å². The molecule has 1 spiro atoms. The van der Waals surface area contributed by atoms with E-state index in [4.69, 9.17) is 9.47 Å². The minimum atomic E-state index is -4.63. The molecular weight excluding hydrogens is 468 g/mol. The number of benzene rings is 1. The number of hydrogen-bond acceptors (Lipinski definition) is 6. The number of aryl methyl sites for hydroxylation is 2. The minimum absolute atomic E-state index is 0.147. The first-order chi connectivity index (χ1) is 16.7. The van der Waals surface area contributed by atoms with Crippen LogP contribution in [0.15, 0.2) is 47.4 Å². The molecule has 0 unspecified atom stereocenters. The molecule has 5 heterocycles. The molecule has 11 heteroatoms. The second kappa shape index (κ2) is 7.77. The van der Waals surface area contributed by atoms with Crippen molar-refractivity contribution in [2.75, 3.05) is 18.1 Å². The van der Waals surface area contributed by atoms with E-state index in [0.717, 1.165) is 25.0 Å². The SMILES string of the molecule is O=c1nc(CCc2ccc(Oc3ccnc(C(F)(F)F)c3)c(F)c2)cc2n1C[C@]13CO[C@H](CN21)C3. The van der Waals surface area contributed by atoms with E-state index >= 15 is 0 Å². The minimum Gasteiger partial charge on any atom is -0.454 e. The molecule has 3 aliphatic heterocycles. The summed E-state index contributed by atoms with van der Waals surface area (Å²) in [6.45, 7) is 1.95. The molecule has 2 saturated heterocycles. The Hall–Kier alpha value is -3.47. The number of alkyl halides is 3. The molecule has 35 heavy (non-hydrogen) atoms. The molecule has 0 N–H and O–H groups in total. The van der Waals surface area contributed by atoms with Crippen LogP contribution < -0.4 is 15.3 Å². The van der Waals surface area contributed by atoms with Crippen LogP contribution >= 0.6 is 0 Å². The van der Waals surface area contributed by atoms with Crippen LogP contribution in [0.3, 0.4) is 0 Å². The third-order valence-corrected chi connectivity index (χ3v) is 6.84. The van der Waals surface area contributed by atoms with E-state index in [1.807, 2.05) is 6.07 Å². The summed E-state index contributed by atoms with van der Waals surface area (Å²) in [6, 6.07) is 8.14. The van der Waals surface area contributed by atoms with E-state index in [2.05, 4.69) is 14.9 Å². The van der Waals surface area contributed by atoms with Gasteiger partial charge in [0.25, 0.3) is 0 Å². The number of ether oxygens (including phenoxy) is 2. The first-order valence-electron chi connectivity index (χ1n) is 11.2. The number of nitrogens with zero attached hydrogens (tertiary/aromatic N) is 4. The molecule has 182 valence electrons. The summed E-state index contributed by atoms with van der Waals surface area (Å²) in [5, 5.41) is 0. The van der Waals surface area contributed by atoms with Crippen LogP contribution in [-0.4, -0.2) is 39.3 Å². The smallest absolute Gasteiger partial charge is 0.433 e. The summed E-state index contributed by atoms with van der Waals surface area (Å²) in [6.07, 6.45) is -1.70. The first-order valence-corrected chi connectivity index (χ1v) is 11.2. The van der Waals surface area contributed by atoms with Gasteiger partial charge in [0.05, 0.1) is 30.5 Å². The molecule has 2 bridgehead atoms. The highest BCUT2D eigenvalue weighted by Crippen LogP contribution is 2.46. The van der Waals surface area contributed by atoms with Crippen LogP contribution in [0.2, 0.25) is 0 Å². The van der Waals surface area contributed by atoms with Crippen molar-refractivity contribution in [2.45, 2.75) is 43.6 Å². The molecule has 2 fully saturated rings. The van der Waals surface area contributed by atoms with Gasteiger partial charge in [-0.15, -0.1) is 0 Å². The lowest BCUT2D eigenvalue weighted by atomic mass is 10.0. The lowest BCUT2D eigenvalue weighted by Crippen LogP contribution is -2.46. The standard InChI is InChI=1S/C24H20F4N4O3/c25-18-7-14(2-4-19(18)35-16-5-6-29-20(9-16)24(26,27)28)1-3-15-8-21-31(22(33)30-15)12-23-10-17(34-13-23)11-32(21)23/h2,4-9,17H,1,3,10-13H2/t17-,23+/m0/s1. The average Bonchev–Trinajstić information content (AvgIpc) is 3.48. The largest absolute Gasteiger partial charge is 0.454 e. The second-order valence-electron chi connectivity index (χ2n) is 9.19. The Morgan fingerprint density at radius 2 is 2.03 bits per heavy atom. The maximum atomic E-state index is 14.6. The molecule has 2 aromatic heterocycles. The zero-order chi connectivity index (χ0) is 24.4. The van der Waals surface area contributed by atoms with Crippen molar-refractivity contribution in [3.8, 4) is 11.5 Å². The maximum absolute atomic E-state index is 14.6. The van der Waals surface area contributed by atoms with Gasteiger partial charge in [-0.05, 0) is 36.6 Å². The molecule has 0 saturated carbocycles. The van der Waals surface area contributed by atoms with Gasteiger partial charge in [-0.2, -0.15) is 18.2 Å². The molecule has 3 aromatic rings. The van der Waals surface area contributed by atoms with Crippen molar-refractivity contribution in [3.63, 3.8) is 0 Å². The highest BCUT2D eigenvalue weighted by molar-refractivity contribution is 5.52. The number of pyridine rings is 1. The Labute approximate surface area is 196 Å². The zero-order valence-electron chi connectivity index (χ0n) is 18.4. The van der Waals surface area contributed by atoms with Gasteiger partial charge in [0, 0.05) is 31.3 Å². The summed E-state index contributed by atoms with van der Waals surface area (Å²) in [5.74, 6) is -0.208. The van der Waals surface area contributed by atoms with Crippen LogP contribution in [0.4, 0.5) is 23.4 Å². The second-order valence-corrected chi connectivity index (χ2v) is 9.19. The van der Waals surface area contributed by atoms with Crippen molar-refractivity contribution >= 4 is 5.82 Å². The lowest BCUT2D eigenvalue weighted by molar-refractivity contribution is -0.141. The Balaban J connectivity index is 1.16. The maximum Gasteiger partial charge on any atom is 0.433 e. The highest BCUT2D eigenvalue weighted by Gasteiger charge is 2.56. The summed E-state index contributed by atoms with van der Waals surface area (Å²) >= 11 is 0. The van der Waals surface area contributed by atoms with Gasteiger partial charge in [-0.25, -0.2) is 9.18 Å². The Morgan fingerprint density at radius 1 is 1.17 bits per heavy atom. The molecular formula is C24H20F4N4O3. The predicted molar refractivity (Wildman–Crippen MR) is 116 cm³/mol. The normalized spacial score (nSPS) is 22.4. The number of anilines is 1. The van der Waals surface area contributed by atoms with Crippen LogP contribution in [0.25, 0.3) is 0 Å². The Kier molecular flexibility index (Phi) is 4.89. The van der Waals surface area contributed by atoms with Crippen LogP contribution in [0.5, 0.6) is 11.5 Å².